The molecular weight excluding hydrogens is 252 g/mol. The molecule has 0 bridgehead atoms. The van der Waals surface area contributed by atoms with Crippen LogP contribution >= 0.6 is 0 Å². The average molecular weight is 274 g/mol. The molecule has 108 valence electrons. The summed E-state index contributed by atoms with van der Waals surface area (Å²) in [5, 5.41) is 11.7. The van der Waals surface area contributed by atoms with Gasteiger partial charge in [-0.1, -0.05) is 32.6 Å². The van der Waals surface area contributed by atoms with Crippen LogP contribution in [0.1, 0.15) is 56.1 Å². The van der Waals surface area contributed by atoms with Crippen LogP contribution in [-0.4, -0.2) is 28.1 Å². The van der Waals surface area contributed by atoms with E-state index < -0.39 is 0 Å². The van der Waals surface area contributed by atoms with Crippen LogP contribution in [0.4, 0.5) is 0 Å². The van der Waals surface area contributed by atoms with Gasteiger partial charge in [-0.15, -0.1) is 0 Å². The van der Waals surface area contributed by atoms with Crippen molar-refractivity contribution in [3.05, 3.63) is 29.6 Å². The van der Waals surface area contributed by atoms with Gasteiger partial charge in [0, 0.05) is 17.3 Å². The number of rotatable bonds is 5. The number of aliphatic hydroxyl groups is 1. The van der Waals surface area contributed by atoms with Crippen molar-refractivity contribution in [2.45, 2.75) is 45.6 Å². The minimum absolute atomic E-state index is 0.155. The van der Waals surface area contributed by atoms with Gasteiger partial charge in [0.2, 0.25) is 0 Å². The topological polar surface area (TPSA) is 62.2 Å². The van der Waals surface area contributed by atoms with Gasteiger partial charge in [-0.2, -0.15) is 0 Å². The van der Waals surface area contributed by atoms with Crippen molar-refractivity contribution in [2.75, 3.05) is 6.61 Å². The summed E-state index contributed by atoms with van der Waals surface area (Å²) in [6.07, 6.45) is 4.23. The summed E-state index contributed by atoms with van der Waals surface area (Å²) < 4.78 is 0. The van der Waals surface area contributed by atoms with Gasteiger partial charge in [-0.25, -0.2) is 4.98 Å². The molecule has 1 heterocycles. The Kier molecular flexibility index (Phi) is 6.20. The zero-order valence-corrected chi connectivity index (χ0v) is 12.4. The normalized spacial score (nSPS) is 10.6. The second-order valence-corrected chi connectivity index (χ2v) is 4.69. The van der Waals surface area contributed by atoms with E-state index in [1.165, 1.54) is 0 Å². The number of hydrogen-bond donors (Lipinski definition) is 2. The highest BCUT2D eigenvalue weighted by Gasteiger charge is 2.26. The lowest BCUT2D eigenvalue weighted by Crippen LogP contribution is -2.47. The minimum Gasteiger partial charge on any atom is -0.384 e. The smallest absolute Gasteiger partial charge is 0.270 e. The number of nitrogens with zero attached hydrogens (tertiary/aromatic N) is 1. The van der Waals surface area contributed by atoms with Crippen LogP contribution in [0.3, 0.4) is 0 Å². The Morgan fingerprint density at radius 1 is 1.30 bits per heavy atom. The van der Waals surface area contributed by atoms with Gasteiger partial charge in [0.1, 0.15) is 12.3 Å². The van der Waals surface area contributed by atoms with Crippen LogP contribution < -0.4 is 5.32 Å². The number of nitrogens with one attached hydrogen (secondary N) is 1. The quantitative estimate of drug-likeness (QED) is 0.808. The van der Waals surface area contributed by atoms with E-state index in [0.717, 1.165) is 19.3 Å². The zero-order valence-electron chi connectivity index (χ0n) is 12.4. The van der Waals surface area contributed by atoms with Gasteiger partial charge >= 0.3 is 0 Å². The first-order valence-corrected chi connectivity index (χ1v) is 6.99. The van der Waals surface area contributed by atoms with Crippen LogP contribution in [-0.2, 0) is 0 Å². The summed E-state index contributed by atoms with van der Waals surface area (Å²) in [4.78, 5) is 16.3. The number of carbonyl (C=O) groups excluding carboxylic acids is 1. The molecule has 0 saturated heterocycles. The molecule has 20 heavy (non-hydrogen) atoms. The Hall–Kier alpha value is -1.86. The average Bonchev–Trinajstić information content (AvgIpc) is 2.51. The first kappa shape index (κ1) is 16.2. The van der Waals surface area contributed by atoms with E-state index in [9.17, 15) is 4.79 Å². The third kappa shape index (κ3) is 4.07. The third-order valence-corrected chi connectivity index (χ3v) is 3.72. The molecule has 0 aliphatic carbocycles. The second kappa shape index (κ2) is 7.66. The van der Waals surface area contributed by atoms with Crippen LogP contribution in [0.25, 0.3) is 0 Å². The lowest BCUT2D eigenvalue weighted by atomic mass is 9.89. The molecule has 0 atom stereocenters. The Balaban J connectivity index is 2.82. The van der Waals surface area contributed by atoms with E-state index in [4.69, 9.17) is 5.11 Å². The van der Waals surface area contributed by atoms with Gasteiger partial charge < -0.3 is 10.4 Å². The number of amides is 1. The van der Waals surface area contributed by atoms with Crippen molar-refractivity contribution in [3.8, 4) is 11.8 Å². The molecule has 1 amide bonds. The molecule has 0 aliphatic rings. The molecule has 1 rings (SSSR count). The molecule has 0 fully saturated rings. The third-order valence-electron chi connectivity index (χ3n) is 3.72. The Morgan fingerprint density at radius 3 is 2.40 bits per heavy atom. The fourth-order valence-electron chi connectivity index (χ4n) is 2.06. The number of hydrogen-bond acceptors (Lipinski definition) is 3. The van der Waals surface area contributed by atoms with Crippen LogP contribution in [0.2, 0.25) is 0 Å². The Labute approximate surface area is 120 Å². The highest BCUT2D eigenvalue weighted by molar-refractivity contribution is 5.92. The van der Waals surface area contributed by atoms with Crippen molar-refractivity contribution in [2.24, 2.45) is 0 Å². The van der Waals surface area contributed by atoms with E-state index in [-0.39, 0.29) is 18.1 Å². The minimum atomic E-state index is -0.186. The van der Waals surface area contributed by atoms with Crippen molar-refractivity contribution >= 4 is 5.91 Å². The zero-order chi connectivity index (χ0) is 15.0. The van der Waals surface area contributed by atoms with Gasteiger partial charge in [0.25, 0.3) is 5.91 Å². The van der Waals surface area contributed by atoms with Crippen molar-refractivity contribution in [1.82, 2.24) is 10.3 Å². The summed E-state index contributed by atoms with van der Waals surface area (Å²) in [7, 11) is 0. The van der Waals surface area contributed by atoms with E-state index >= 15 is 0 Å². The number of aliphatic hydroxyl groups excluding tert-OH is 1. The maximum absolute atomic E-state index is 12.2. The van der Waals surface area contributed by atoms with Crippen molar-refractivity contribution in [3.63, 3.8) is 0 Å². The lowest BCUT2D eigenvalue weighted by Gasteiger charge is -2.31. The maximum atomic E-state index is 12.2. The molecule has 4 nitrogen and oxygen atoms in total. The first-order valence-electron chi connectivity index (χ1n) is 6.99. The molecular formula is C16H22N2O2. The molecule has 0 saturated carbocycles. The summed E-state index contributed by atoms with van der Waals surface area (Å²) in [5.74, 6) is 5.14. The monoisotopic (exact) mass is 274 g/mol. The SMILES string of the molecule is CCC(CC)(CC)NC(=O)c1ccc(C#CCO)cn1. The van der Waals surface area contributed by atoms with E-state index in [2.05, 4.69) is 42.9 Å². The molecule has 0 spiro atoms. The first-order chi connectivity index (χ1) is 9.60. The van der Waals surface area contributed by atoms with E-state index in [1.807, 2.05) is 0 Å². The van der Waals surface area contributed by atoms with Crippen LogP contribution in [0, 0.1) is 11.8 Å². The van der Waals surface area contributed by atoms with Crippen molar-refractivity contribution < 1.29 is 9.90 Å². The largest absolute Gasteiger partial charge is 0.384 e. The maximum Gasteiger partial charge on any atom is 0.270 e. The second-order valence-electron chi connectivity index (χ2n) is 4.69. The van der Waals surface area contributed by atoms with Crippen LogP contribution in [0.15, 0.2) is 18.3 Å². The Bertz CT molecular complexity index is 485. The standard InChI is InChI=1S/C16H22N2O2/c1-4-16(5-2,6-3)18-15(20)14-10-9-13(12-17-14)8-7-11-19/h9-10,12,19H,4-6,11H2,1-3H3,(H,18,20). The number of pyridine rings is 1. The predicted octanol–water partition coefficient (Wildman–Crippen LogP) is 2.12. The lowest BCUT2D eigenvalue weighted by molar-refractivity contribution is 0.0883. The summed E-state index contributed by atoms with van der Waals surface area (Å²) in [6, 6.07) is 3.39. The molecule has 0 aliphatic heterocycles. The number of aromatic nitrogens is 1. The summed E-state index contributed by atoms with van der Waals surface area (Å²) in [5.41, 5.74) is 0.913. The predicted molar refractivity (Wildman–Crippen MR) is 79.3 cm³/mol. The summed E-state index contributed by atoms with van der Waals surface area (Å²) >= 11 is 0. The number of carbonyl (C=O) groups is 1. The van der Waals surface area contributed by atoms with Crippen molar-refractivity contribution in [1.29, 1.82) is 0 Å². The van der Waals surface area contributed by atoms with Gasteiger partial charge in [-0.05, 0) is 31.4 Å². The Morgan fingerprint density at radius 2 is 1.95 bits per heavy atom. The van der Waals surface area contributed by atoms with Gasteiger partial charge in [-0.3, -0.25) is 4.79 Å². The molecule has 0 radical (unpaired) electrons. The summed E-state index contributed by atoms with van der Waals surface area (Å²) in [6.45, 7) is 6.05. The fourth-order valence-corrected chi connectivity index (χ4v) is 2.06. The molecule has 0 aromatic carbocycles. The highest BCUT2D eigenvalue weighted by atomic mass is 16.2. The highest BCUT2D eigenvalue weighted by Crippen LogP contribution is 2.19. The molecule has 4 heteroatoms. The molecule has 1 aromatic rings. The fraction of sp³-hybridized carbons (Fsp3) is 0.500. The van der Waals surface area contributed by atoms with E-state index in [1.54, 1.807) is 18.3 Å². The van der Waals surface area contributed by atoms with Crippen LogP contribution in [0.5, 0.6) is 0 Å². The van der Waals surface area contributed by atoms with E-state index in [0.29, 0.717) is 11.3 Å². The molecule has 2 N–H and O–H groups in total. The van der Waals surface area contributed by atoms with Gasteiger partial charge in [0.15, 0.2) is 0 Å². The van der Waals surface area contributed by atoms with Gasteiger partial charge in [0.05, 0.1) is 0 Å². The molecule has 1 aromatic heterocycles. The molecule has 0 unspecified atom stereocenters.